The fourth-order valence-corrected chi connectivity index (χ4v) is 2.18. The summed E-state index contributed by atoms with van der Waals surface area (Å²) in [7, 11) is 0. The SMILES string of the molecule is CC(C)CC(CNC(=O)CCSCC(N)=O)C(=O)O. The van der Waals surface area contributed by atoms with E-state index in [1.54, 1.807) is 0 Å². The molecule has 0 aliphatic heterocycles. The molecule has 0 aliphatic carbocycles. The Kier molecular flexibility index (Phi) is 9.03. The van der Waals surface area contributed by atoms with Crippen LogP contribution in [0.5, 0.6) is 0 Å². The molecule has 1 unspecified atom stereocenters. The Balaban J connectivity index is 3.85. The van der Waals surface area contributed by atoms with Crippen molar-refractivity contribution in [3.63, 3.8) is 0 Å². The van der Waals surface area contributed by atoms with Crippen molar-refractivity contribution in [3.8, 4) is 0 Å². The number of rotatable bonds is 10. The second-order valence-corrected chi connectivity index (χ2v) is 5.84. The van der Waals surface area contributed by atoms with Gasteiger partial charge >= 0.3 is 5.97 Å². The number of primary amides is 1. The molecule has 19 heavy (non-hydrogen) atoms. The number of carbonyl (C=O) groups is 3. The lowest BCUT2D eigenvalue weighted by Gasteiger charge is -2.15. The lowest BCUT2D eigenvalue weighted by molar-refractivity contribution is -0.142. The van der Waals surface area contributed by atoms with Crippen LogP contribution in [0.3, 0.4) is 0 Å². The van der Waals surface area contributed by atoms with Gasteiger partial charge < -0.3 is 16.2 Å². The lowest BCUT2D eigenvalue weighted by atomic mass is 9.97. The molecule has 0 aliphatic rings. The monoisotopic (exact) mass is 290 g/mol. The fourth-order valence-electron chi connectivity index (χ4n) is 1.50. The molecule has 0 fully saturated rings. The Labute approximate surface area is 117 Å². The number of aliphatic carboxylic acids is 1. The Morgan fingerprint density at radius 1 is 1.32 bits per heavy atom. The van der Waals surface area contributed by atoms with Gasteiger partial charge in [0.1, 0.15) is 0 Å². The third-order valence-corrected chi connectivity index (χ3v) is 3.35. The molecule has 0 aromatic carbocycles. The zero-order valence-electron chi connectivity index (χ0n) is 11.3. The van der Waals surface area contributed by atoms with Crippen LogP contribution in [0.25, 0.3) is 0 Å². The smallest absolute Gasteiger partial charge is 0.308 e. The van der Waals surface area contributed by atoms with Crippen LogP contribution in [0, 0.1) is 11.8 Å². The molecule has 2 amide bonds. The van der Waals surface area contributed by atoms with E-state index < -0.39 is 17.8 Å². The molecule has 110 valence electrons. The van der Waals surface area contributed by atoms with Gasteiger partial charge in [0.2, 0.25) is 11.8 Å². The zero-order valence-corrected chi connectivity index (χ0v) is 12.2. The number of nitrogens with one attached hydrogen (secondary N) is 1. The standard InChI is InChI=1S/C12H22N2O4S/c1-8(2)5-9(12(17)18)6-14-11(16)3-4-19-7-10(13)15/h8-9H,3-7H2,1-2H3,(H2,13,15)(H,14,16)(H,17,18). The van der Waals surface area contributed by atoms with Gasteiger partial charge in [-0.15, -0.1) is 0 Å². The van der Waals surface area contributed by atoms with Crippen LogP contribution in [0.4, 0.5) is 0 Å². The third kappa shape index (κ3) is 10.4. The summed E-state index contributed by atoms with van der Waals surface area (Å²) in [4.78, 5) is 32.9. The van der Waals surface area contributed by atoms with Crippen LogP contribution in [-0.2, 0) is 14.4 Å². The van der Waals surface area contributed by atoms with Gasteiger partial charge in [-0.25, -0.2) is 0 Å². The van der Waals surface area contributed by atoms with Gasteiger partial charge in [0.25, 0.3) is 0 Å². The van der Waals surface area contributed by atoms with Crippen molar-refractivity contribution >= 4 is 29.5 Å². The van der Waals surface area contributed by atoms with E-state index in [1.165, 1.54) is 11.8 Å². The van der Waals surface area contributed by atoms with E-state index in [4.69, 9.17) is 10.8 Å². The van der Waals surface area contributed by atoms with Crippen molar-refractivity contribution in [3.05, 3.63) is 0 Å². The Bertz CT molecular complexity index is 321. The predicted octanol–water partition coefficient (Wildman–Crippen LogP) is 0.458. The first-order valence-electron chi connectivity index (χ1n) is 6.18. The minimum absolute atomic E-state index is 0.146. The molecule has 0 radical (unpaired) electrons. The van der Waals surface area contributed by atoms with E-state index in [2.05, 4.69) is 5.32 Å². The van der Waals surface area contributed by atoms with E-state index in [1.807, 2.05) is 13.8 Å². The first kappa shape index (κ1) is 17.8. The Morgan fingerprint density at radius 3 is 2.42 bits per heavy atom. The summed E-state index contributed by atoms with van der Waals surface area (Å²) in [5, 5.41) is 11.6. The van der Waals surface area contributed by atoms with Crippen LogP contribution in [0.1, 0.15) is 26.7 Å². The summed E-state index contributed by atoms with van der Waals surface area (Å²) in [6.45, 7) is 4.03. The number of amides is 2. The van der Waals surface area contributed by atoms with E-state index in [-0.39, 0.29) is 30.5 Å². The topological polar surface area (TPSA) is 109 Å². The summed E-state index contributed by atoms with van der Waals surface area (Å²) >= 11 is 1.29. The predicted molar refractivity (Wildman–Crippen MR) is 74.7 cm³/mol. The second kappa shape index (κ2) is 9.66. The molecule has 0 saturated heterocycles. The molecule has 0 aromatic rings. The molecule has 0 rings (SSSR count). The highest BCUT2D eigenvalue weighted by atomic mass is 32.2. The molecule has 0 aromatic heterocycles. The number of hydrogen-bond acceptors (Lipinski definition) is 4. The molecule has 1 atom stereocenters. The number of thioether (sulfide) groups is 1. The molecular weight excluding hydrogens is 268 g/mol. The lowest BCUT2D eigenvalue weighted by Crippen LogP contribution is -2.33. The average molecular weight is 290 g/mol. The highest BCUT2D eigenvalue weighted by Crippen LogP contribution is 2.11. The summed E-state index contributed by atoms with van der Waals surface area (Å²) in [6.07, 6.45) is 0.790. The van der Waals surface area contributed by atoms with Crippen LogP contribution in [-0.4, -0.2) is 40.9 Å². The number of nitrogens with two attached hydrogens (primary N) is 1. The van der Waals surface area contributed by atoms with Gasteiger partial charge in [-0.2, -0.15) is 11.8 Å². The van der Waals surface area contributed by atoms with Crippen LogP contribution < -0.4 is 11.1 Å². The third-order valence-electron chi connectivity index (χ3n) is 2.37. The molecular formula is C12H22N2O4S. The van der Waals surface area contributed by atoms with Gasteiger partial charge in [0, 0.05) is 18.7 Å². The van der Waals surface area contributed by atoms with E-state index in [0.717, 1.165) is 0 Å². The molecule has 7 heteroatoms. The molecule has 0 heterocycles. The maximum Gasteiger partial charge on any atom is 0.308 e. The van der Waals surface area contributed by atoms with Gasteiger partial charge in [0.15, 0.2) is 0 Å². The van der Waals surface area contributed by atoms with Crippen molar-refractivity contribution in [2.75, 3.05) is 18.1 Å². The number of carboxylic acids is 1. The van der Waals surface area contributed by atoms with Crippen molar-refractivity contribution < 1.29 is 19.5 Å². The van der Waals surface area contributed by atoms with Gasteiger partial charge in [-0.3, -0.25) is 14.4 Å². The normalized spacial score (nSPS) is 12.2. The Hall–Kier alpha value is -1.24. The largest absolute Gasteiger partial charge is 0.481 e. The van der Waals surface area contributed by atoms with Crippen molar-refractivity contribution in [2.24, 2.45) is 17.6 Å². The average Bonchev–Trinajstić information content (AvgIpc) is 2.29. The molecule has 6 nitrogen and oxygen atoms in total. The fraction of sp³-hybridized carbons (Fsp3) is 0.750. The summed E-state index contributed by atoms with van der Waals surface area (Å²) in [6, 6.07) is 0. The van der Waals surface area contributed by atoms with E-state index >= 15 is 0 Å². The van der Waals surface area contributed by atoms with E-state index in [9.17, 15) is 14.4 Å². The maximum absolute atomic E-state index is 11.5. The van der Waals surface area contributed by atoms with Crippen LogP contribution in [0.2, 0.25) is 0 Å². The quantitative estimate of drug-likeness (QED) is 0.506. The van der Waals surface area contributed by atoms with Gasteiger partial charge in [-0.1, -0.05) is 13.8 Å². The van der Waals surface area contributed by atoms with Crippen molar-refractivity contribution in [2.45, 2.75) is 26.7 Å². The summed E-state index contributed by atoms with van der Waals surface area (Å²) in [5.41, 5.74) is 4.96. The van der Waals surface area contributed by atoms with Crippen LogP contribution in [0.15, 0.2) is 0 Å². The molecule has 0 bridgehead atoms. The first-order valence-corrected chi connectivity index (χ1v) is 7.34. The minimum Gasteiger partial charge on any atom is -0.481 e. The maximum atomic E-state index is 11.5. The highest BCUT2D eigenvalue weighted by Gasteiger charge is 2.19. The van der Waals surface area contributed by atoms with Gasteiger partial charge in [-0.05, 0) is 12.3 Å². The molecule has 0 saturated carbocycles. The van der Waals surface area contributed by atoms with Crippen molar-refractivity contribution in [1.82, 2.24) is 5.32 Å². The number of carbonyl (C=O) groups excluding carboxylic acids is 2. The van der Waals surface area contributed by atoms with Crippen LogP contribution >= 0.6 is 11.8 Å². The van der Waals surface area contributed by atoms with E-state index in [0.29, 0.717) is 12.2 Å². The molecule has 4 N–H and O–H groups in total. The van der Waals surface area contributed by atoms with Crippen molar-refractivity contribution in [1.29, 1.82) is 0 Å². The summed E-state index contributed by atoms with van der Waals surface area (Å²) < 4.78 is 0. The number of carboxylic acid groups (broad SMARTS) is 1. The first-order chi connectivity index (χ1) is 8.82. The summed E-state index contributed by atoms with van der Waals surface area (Å²) in [5.74, 6) is -1.10. The second-order valence-electron chi connectivity index (χ2n) is 4.74. The Morgan fingerprint density at radius 2 is 1.95 bits per heavy atom. The molecule has 0 spiro atoms. The minimum atomic E-state index is -0.892. The number of hydrogen-bond donors (Lipinski definition) is 3. The van der Waals surface area contributed by atoms with Gasteiger partial charge in [0.05, 0.1) is 11.7 Å². The zero-order chi connectivity index (χ0) is 14.8. The highest BCUT2D eigenvalue weighted by molar-refractivity contribution is 7.99.